The maximum absolute atomic E-state index is 13.5. The fourth-order valence-electron chi connectivity index (χ4n) is 2.93. The summed E-state index contributed by atoms with van der Waals surface area (Å²) < 4.78 is 32.2. The van der Waals surface area contributed by atoms with Crippen LogP contribution in [-0.2, 0) is 23.1 Å². The van der Waals surface area contributed by atoms with Crippen molar-refractivity contribution in [2.75, 3.05) is 13.7 Å². The van der Waals surface area contributed by atoms with E-state index in [9.17, 15) is 13.5 Å². The highest BCUT2D eigenvalue weighted by molar-refractivity contribution is 7.90. The topological polar surface area (TPSA) is 66.8 Å². The monoisotopic (exact) mass is 403 g/mol. The zero-order valence-corrected chi connectivity index (χ0v) is 17.6. The van der Waals surface area contributed by atoms with E-state index in [-0.39, 0.29) is 19.5 Å². The molecular weight excluding hydrogens is 374 g/mol. The molecule has 0 saturated heterocycles. The number of nitrogens with zero attached hydrogens (tertiary/aromatic N) is 1. The van der Waals surface area contributed by atoms with Gasteiger partial charge in [0.2, 0.25) is 10.0 Å². The highest BCUT2D eigenvalue weighted by Gasteiger charge is 2.42. The molecule has 0 aliphatic carbocycles. The van der Waals surface area contributed by atoms with E-state index >= 15 is 0 Å². The van der Waals surface area contributed by atoms with Crippen LogP contribution in [0.1, 0.15) is 30.0 Å². The summed E-state index contributed by atoms with van der Waals surface area (Å²) in [6, 6.07) is 15.1. The van der Waals surface area contributed by atoms with E-state index in [1.807, 2.05) is 43.3 Å². The summed E-state index contributed by atoms with van der Waals surface area (Å²) in [5.74, 6) is 0.712. The van der Waals surface area contributed by atoms with E-state index in [1.54, 1.807) is 26.2 Å². The van der Waals surface area contributed by atoms with Crippen molar-refractivity contribution in [1.82, 2.24) is 4.31 Å². The Morgan fingerprint density at radius 3 is 2.00 bits per heavy atom. The fraction of sp³-hybridized carbons (Fsp3) is 0.364. The molecule has 0 amide bonds. The van der Waals surface area contributed by atoms with E-state index in [0.717, 1.165) is 16.7 Å². The molecule has 0 radical (unpaired) electrons. The minimum atomic E-state index is -3.82. The number of aliphatic hydroxyl groups is 1. The summed E-state index contributed by atoms with van der Waals surface area (Å²) in [7, 11) is -2.23. The molecule has 0 aliphatic rings. The first kappa shape index (κ1) is 22.1. The Labute approximate surface area is 168 Å². The number of aryl methyl sites for hydroxylation is 1. The largest absolute Gasteiger partial charge is 0.497 e. The SMILES string of the molecule is C=CC[C@@](C)(CO)S(=O)(=O)N(Cc1ccc(C)cc1)Cc1ccc(OC)cc1. The molecule has 0 fully saturated rings. The first-order valence-corrected chi connectivity index (χ1v) is 10.6. The maximum atomic E-state index is 13.5. The lowest BCUT2D eigenvalue weighted by atomic mass is 10.1. The van der Waals surface area contributed by atoms with Crippen LogP contribution >= 0.6 is 0 Å². The Morgan fingerprint density at radius 1 is 1.07 bits per heavy atom. The lowest BCUT2D eigenvalue weighted by Crippen LogP contribution is -2.48. The van der Waals surface area contributed by atoms with Gasteiger partial charge in [0.05, 0.1) is 13.7 Å². The molecule has 152 valence electrons. The van der Waals surface area contributed by atoms with Crippen LogP contribution in [0.5, 0.6) is 5.75 Å². The summed E-state index contributed by atoms with van der Waals surface area (Å²) in [5, 5.41) is 9.87. The van der Waals surface area contributed by atoms with Crippen LogP contribution in [0.4, 0.5) is 0 Å². The van der Waals surface area contributed by atoms with Crippen LogP contribution in [-0.4, -0.2) is 36.3 Å². The summed E-state index contributed by atoms with van der Waals surface area (Å²) in [6.45, 7) is 7.15. The van der Waals surface area contributed by atoms with Crippen molar-refractivity contribution >= 4 is 10.0 Å². The predicted octanol–water partition coefficient (Wildman–Crippen LogP) is 3.66. The number of methoxy groups -OCH3 is 1. The van der Waals surface area contributed by atoms with E-state index in [0.29, 0.717) is 5.75 Å². The van der Waals surface area contributed by atoms with Crippen LogP contribution < -0.4 is 4.74 Å². The van der Waals surface area contributed by atoms with E-state index in [2.05, 4.69) is 6.58 Å². The zero-order valence-electron chi connectivity index (χ0n) is 16.8. The number of ether oxygens (including phenoxy) is 1. The van der Waals surface area contributed by atoms with E-state index < -0.39 is 21.4 Å². The van der Waals surface area contributed by atoms with Crippen LogP contribution in [0.3, 0.4) is 0 Å². The third-order valence-electron chi connectivity index (χ3n) is 4.87. The van der Waals surface area contributed by atoms with Gasteiger partial charge in [-0.25, -0.2) is 8.42 Å². The Kier molecular flexibility index (Phi) is 7.41. The Balaban J connectivity index is 2.41. The average Bonchev–Trinajstić information content (AvgIpc) is 2.69. The number of aliphatic hydroxyl groups excluding tert-OH is 1. The number of sulfonamides is 1. The first-order valence-electron chi connectivity index (χ1n) is 9.15. The lowest BCUT2D eigenvalue weighted by molar-refractivity contribution is 0.240. The zero-order chi connectivity index (χ0) is 20.8. The Morgan fingerprint density at radius 2 is 1.57 bits per heavy atom. The summed E-state index contributed by atoms with van der Waals surface area (Å²) >= 11 is 0. The van der Waals surface area contributed by atoms with Gasteiger partial charge in [-0.05, 0) is 43.5 Å². The van der Waals surface area contributed by atoms with Gasteiger partial charge in [-0.1, -0.05) is 48.0 Å². The molecule has 0 heterocycles. The molecule has 1 atom stereocenters. The molecule has 2 aromatic carbocycles. The standard InChI is InChI=1S/C22H29NO4S/c1-5-14-22(3,17-24)28(25,26)23(15-19-8-6-18(2)7-9-19)16-20-10-12-21(27-4)13-11-20/h5-13,24H,1,14-17H2,2-4H3/t22-/m0/s1. The van der Waals surface area contributed by atoms with Crippen molar-refractivity contribution in [2.45, 2.75) is 38.1 Å². The van der Waals surface area contributed by atoms with Gasteiger partial charge in [0.15, 0.2) is 0 Å². The molecule has 0 aliphatic heterocycles. The van der Waals surface area contributed by atoms with E-state index in [1.165, 1.54) is 10.4 Å². The number of allylic oxidation sites excluding steroid dienone is 1. The highest BCUT2D eigenvalue weighted by atomic mass is 32.2. The van der Waals surface area contributed by atoms with Gasteiger partial charge in [0.1, 0.15) is 10.5 Å². The van der Waals surface area contributed by atoms with Crippen LogP contribution in [0.15, 0.2) is 61.2 Å². The van der Waals surface area contributed by atoms with Crippen molar-refractivity contribution in [3.8, 4) is 5.75 Å². The summed E-state index contributed by atoms with van der Waals surface area (Å²) in [5.41, 5.74) is 2.84. The molecule has 0 bridgehead atoms. The molecule has 0 saturated carbocycles. The molecule has 28 heavy (non-hydrogen) atoms. The van der Waals surface area contributed by atoms with Gasteiger partial charge in [0.25, 0.3) is 0 Å². The fourth-order valence-corrected chi connectivity index (χ4v) is 4.68. The maximum Gasteiger partial charge on any atom is 0.222 e. The van der Waals surface area contributed by atoms with Gasteiger partial charge in [-0.3, -0.25) is 0 Å². The van der Waals surface area contributed by atoms with Gasteiger partial charge in [-0.15, -0.1) is 6.58 Å². The number of benzene rings is 2. The molecule has 0 aromatic heterocycles. The van der Waals surface area contributed by atoms with Crippen LogP contribution in [0, 0.1) is 6.92 Å². The number of hydrogen-bond acceptors (Lipinski definition) is 4. The molecule has 2 aromatic rings. The van der Waals surface area contributed by atoms with E-state index in [4.69, 9.17) is 4.74 Å². The quantitative estimate of drug-likeness (QED) is 0.615. The highest BCUT2D eigenvalue weighted by Crippen LogP contribution is 2.29. The molecule has 6 heteroatoms. The molecule has 0 spiro atoms. The third kappa shape index (κ3) is 5.01. The number of rotatable bonds is 10. The van der Waals surface area contributed by atoms with Gasteiger partial charge >= 0.3 is 0 Å². The second-order valence-electron chi connectivity index (χ2n) is 7.21. The number of hydrogen-bond donors (Lipinski definition) is 1. The minimum Gasteiger partial charge on any atom is -0.497 e. The van der Waals surface area contributed by atoms with Gasteiger partial charge in [0, 0.05) is 13.1 Å². The molecule has 2 rings (SSSR count). The van der Waals surface area contributed by atoms with Crippen molar-refractivity contribution < 1.29 is 18.3 Å². The molecular formula is C22H29NO4S. The van der Waals surface area contributed by atoms with Crippen molar-refractivity contribution in [3.63, 3.8) is 0 Å². The van der Waals surface area contributed by atoms with Crippen molar-refractivity contribution in [1.29, 1.82) is 0 Å². The van der Waals surface area contributed by atoms with Crippen molar-refractivity contribution in [3.05, 3.63) is 77.9 Å². The minimum absolute atomic E-state index is 0.166. The van der Waals surface area contributed by atoms with Gasteiger partial charge in [-0.2, -0.15) is 4.31 Å². The second kappa shape index (κ2) is 9.37. The van der Waals surface area contributed by atoms with Gasteiger partial charge < -0.3 is 9.84 Å². The smallest absolute Gasteiger partial charge is 0.222 e. The van der Waals surface area contributed by atoms with Crippen LogP contribution in [0.25, 0.3) is 0 Å². The summed E-state index contributed by atoms with van der Waals surface area (Å²) in [6.07, 6.45) is 1.70. The lowest BCUT2D eigenvalue weighted by Gasteiger charge is -2.33. The predicted molar refractivity (Wildman–Crippen MR) is 113 cm³/mol. The summed E-state index contributed by atoms with van der Waals surface area (Å²) in [4.78, 5) is 0. The first-order chi connectivity index (χ1) is 13.3. The van der Waals surface area contributed by atoms with Crippen LogP contribution in [0.2, 0.25) is 0 Å². The average molecular weight is 404 g/mol. The Bertz CT molecular complexity index is 876. The normalized spacial score (nSPS) is 13.9. The Hall–Kier alpha value is -2.15. The molecule has 0 unspecified atom stereocenters. The van der Waals surface area contributed by atoms with Crippen molar-refractivity contribution in [2.24, 2.45) is 0 Å². The molecule has 5 nitrogen and oxygen atoms in total. The second-order valence-corrected chi connectivity index (χ2v) is 9.66. The third-order valence-corrected chi connectivity index (χ3v) is 7.35. The molecule has 1 N–H and O–H groups in total.